The number of hydrogen-bond donors (Lipinski definition) is 1. The Kier molecular flexibility index (Phi) is 4.95. The minimum absolute atomic E-state index is 0.685. The molecule has 106 valence electrons. The van der Waals surface area contributed by atoms with Crippen molar-refractivity contribution in [2.24, 2.45) is 0 Å². The third-order valence-corrected chi connectivity index (χ3v) is 3.76. The number of nitrogens with one attached hydrogen (secondary N) is 1. The van der Waals surface area contributed by atoms with Gasteiger partial charge in [-0.25, -0.2) is 15.0 Å². The van der Waals surface area contributed by atoms with Gasteiger partial charge < -0.3 is 5.32 Å². The third-order valence-electron chi connectivity index (χ3n) is 2.73. The maximum atomic E-state index is 4.57. The van der Waals surface area contributed by atoms with Gasteiger partial charge >= 0.3 is 0 Å². The van der Waals surface area contributed by atoms with Crippen LogP contribution in [-0.2, 0) is 0 Å². The first kappa shape index (κ1) is 14.8. The van der Waals surface area contributed by atoms with E-state index < -0.39 is 0 Å². The quantitative estimate of drug-likeness (QED) is 0.849. The van der Waals surface area contributed by atoms with Crippen LogP contribution in [0.4, 0.5) is 5.95 Å². The molecule has 5 heteroatoms. The Morgan fingerprint density at radius 2 is 1.95 bits per heavy atom. The van der Waals surface area contributed by atoms with Gasteiger partial charge in [0.25, 0.3) is 0 Å². The molecule has 2 aromatic rings. The van der Waals surface area contributed by atoms with Gasteiger partial charge in [-0.05, 0) is 56.7 Å². The SMILES string of the molecule is CCCNc1ncc(C)c(Sc2cc(C)cc(C)n2)n1. The molecule has 20 heavy (non-hydrogen) atoms. The first-order valence-corrected chi connectivity index (χ1v) is 7.61. The maximum Gasteiger partial charge on any atom is 0.223 e. The molecule has 0 bridgehead atoms. The van der Waals surface area contributed by atoms with Crippen LogP contribution in [0.25, 0.3) is 0 Å². The Morgan fingerprint density at radius 1 is 1.15 bits per heavy atom. The highest BCUT2D eigenvalue weighted by atomic mass is 32.2. The summed E-state index contributed by atoms with van der Waals surface area (Å²) in [5.41, 5.74) is 3.32. The number of anilines is 1. The molecule has 0 radical (unpaired) electrons. The van der Waals surface area contributed by atoms with Crippen LogP contribution in [0.15, 0.2) is 28.4 Å². The van der Waals surface area contributed by atoms with Gasteiger partial charge in [-0.15, -0.1) is 0 Å². The fourth-order valence-electron chi connectivity index (χ4n) is 1.81. The van der Waals surface area contributed by atoms with Crippen molar-refractivity contribution in [2.45, 2.75) is 44.2 Å². The topological polar surface area (TPSA) is 50.7 Å². The number of hydrogen-bond acceptors (Lipinski definition) is 5. The zero-order valence-electron chi connectivity index (χ0n) is 12.4. The highest BCUT2D eigenvalue weighted by molar-refractivity contribution is 7.99. The molecule has 1 N–H and O–H groups in total. The van der Waals surface area contributed by atoms with Crippen LogP contribution in [0.2, 0.25) is 0 Å². The molecule has 0 amide bonds. The second-order valence-corrected chi connectivity index (χ2v) is 5.84. The van der Waals surface area contributed by atoms with E-state index in [-0.39, 0.29) is 0 Å². The van der Waals surface area contributed by atoms with Crippen LogP contribution in [0.5, 0.6) is 0 Å². The lowest BCUT2D eigenvalue weighted by molar-refractivity contribution is 0.923. The molecule has 0 aliphatic carbocycles. The molecular formula is C15H20N4S. The first-order valence-electron chi connectivity index (χ1n) is 6.79. The molecule has 2 rings (SSSR count). The molecule has 0 fully saturated rings. The van der Waals surface area contributed by atoms with E-state index in [0.717, 1.165) is 34.3 Å². The fraction of sp³-hybridized carbons (Fsp3) is 0.400. The van der Waals surface area contributed by atoms with Crippen molar-refractivity contribution < 1.29 is 0 Å². The Balaban J connectivity index is 2.23. The second-order valence-electron chi connectivity index (χ2n) is 4.83. The van der Waals surface area contributed by atoms with Crippen molar-refractivity contribution in [1.82, 2.24) is 15.0 Å². The van der Waals surface area contributed by atoms with Crippen LogP contribution in [-0.4, -0.2) is 21.5 Å². The standard InChI is InChI=1S/C15H20N4S/c1-5-6-16-15-17-9-11(3)14(19-15)20-13-8-10(2)7-12(4)18-13/h7-9H,5-6H2,1-4H3,(H,16,17,19). The third kappa shape index (κ3) is 3.93. The van der Waals surface area contributed by atoms with Gasteiger partial charge in [0.15, 0.2) is 0 Å². The van der Waals surface area contributed by atoms with Gasteiger partial charge in [0.05, 0.1) is 0 Å². The maximum absolute atomic E-state index is 4.57. The van der Waals surface area contributed by atoms with Gasteiger partial charge in [-0.1, -0.05) is 6.92 Å². The van der Waals surface area contributed by atoms with Crippen LogP contribution in [0.1, 0.15) is 30.2 Å². The Hall–Kier alpha value is -1.62. The summed E-state index contributed by atoms with van der Waals surface area (Å²) in [6.07, 6.45) is 2.91. The largest absolute Gasteiger partial charge is 0.354 e. The molecule has 2 heterocycles. The molecule has 0 aliphatic rings. The molecule has 2 aromatic heterocycles. The van der Waals surface area contributed by atoms with E-state index in [1.54, 1.807) is 11.8 Å². The molecule has 4 nitrogen and oxygen atoms in total. The fourth-order valence-corrected chi connectivity index (χ4v) is 2.79. The predicted molar refractivity (Wildman–Crippen MR) is 83.4 cm³/mol. The average molecular weight is 288 g/mol. The second kappa shape index (κ2) is 6.70. The van der Waals surface area contributed by atoms with Crippen molar-refractivity contribution in [3.63, 3.8) is 0 Å². The average Bonchev–Trinajstić information content (AvgIpc) is 2.38. The van der Waals surface area contributed by atoms with Gasteiger partial charge in [0, 0.05) is 24.0 Å². The number of aromatic nitrogens is 3. The smallest absolute Gasteiger partial charge is 0.223 e. The normalized spacial score (nSPS) is 10.6. The summed E-state index contributed by atoms with van der Waals surface area (Å²) in [4.78, 5) is 13.4. The minimum atomic E-state index is 0.685. The summed E-state index contributed by atoms with van der Waals surface area (Å²) in [6.45, 7) is 9.12. The minimum Gasteiger partial charge on any atom is -0.354 e. The van der Waals surface area contributed by atoms with E-state index in [1.807, 2.05) is 20.0 Å². The van der Waals surface area contributed by atoms with E-state index in [9.17, 15) is 0 Å². The molecule has 0 saturated carbocycles. The predicted octanol–water partition coefficient (Wildman–Crippen LogP) is 3.77. The van der Waals surface area contributed by atoms with E-state index in [0.29, 0.717) is 5.95 Å². The monoisotopic (exact) mass is 288 g/mol. The first-order chi connectivity index (χ1) is 9.58. The van der Waals surface area contributed by atoms with Crippen molar-refractivity contribution in [2.75, 3.05) is 11.9 Å². The Bertz CT molecular complexity index is 578. The lowest BCUT2D eigenvalue weighted by Gasteiger charge is -2.08. The van der Waals surface area contributed by atoms with E-state index >= 15 is 0 Å². The van der Waals surface area contributed by atoms with Crippen LogP contribution < -0.4 is 5.32 Å². The summed E-state index contributed by atoms with van der Waals surface area (Å²) in [5, 5.41) is 5.15. The zero-order valence-corrected chi connectivity index (χ0v) is 13.2. The molecule has 0 aromatic carbocycles. The summed E-state index contributed by atoms with van der Waals surface area (Å²) in [6, 6.07) is 4.16. The summed E-state index contributed by atoms with van der Waals surface area (Å²) >= 11 is 1.59. The number of aryl methyl sites for hydroxylation is 3. The van der Waals surface area contributed by atoms with Crippen LogP contribution >= 0.6 is 11.8 Å². The number of nitrogens with zero attached hydrogens (tertiary/aromatic N) is 3. The van der Waals surface area contributed by atoms with E-state index in [4.69, 9.17) is 0 Å². The molecule has 0 atom stereocenters. The Labute approximate surface area is 124 Å². The lowest BCUT2D eigenvalue weighted by atomic mass is 10.3. The van der Waals surface area contributed by atoms with Gasteiger partial charge in [0.1, 0.15) is 10.1 Å². The molecule has 0 saturated heterocycles. The van der Waals surface area contributed by atoms with Crippen LogP contribution in [0, 0.1) is 20.8 Å². The lowest BCUT2D eigenvalue weighted by Crippen LogP contribution is -2.05. The van der Waals surface area contributed by atoms with Crippen molar-refractivity contribution in [1.29, 1.82) is 0 Å². The van der Waals surface area contributed by atoms with Gasteiger partial charge in [-0.2, -0.15) is 0 Å². The summed E-state index contributed by atoms with van der Waals surface area (Å²) in [5.74, 6) is 0.685. The van der Waals surface area contributed by atoms with Gasteiger partial charge in [0.2, 0.25) is 5.95 Å². The highest BCUT2D eigenvalue weighted by Crippen LogP contribution is 2.28. The number of pyridine rings is 1. The zero-order chi connectivity index (χ0) is 14.5. The summed E-state index contributed by atoms with van der Waals surface area (Å²) < 4.78 is 0. The van der Waals surface area contributed by atoms with Crippen molar-refractivity contribution in [3.05, 3.63) is 35.2 Å². The van der Waals surface area contributed by atoms with Crippen molar-refractivity contribution >= 4 is 17.7 Å². The Morgan fingerprint density at radius 3 is 2.65 bits per heavy atom. The van der Waals surface area contributed by atoms with E-state index in [1.165, 1.54) is 5.56 Å². The number of rotatable bonds is 5. The van der Waals surface area contributed by atoms with E-state index in [2.05, 4.69) is 46.2 Å². The van der Waals surface area contributed by atoms with Crippen molar-refractivity contribution in [3.8, 4) is 0 Å². The molecular weight excluding hydrogens is 268 g/mol. The molecule has 0 aliphatic heterocycles. The van der Waals surface area contributed by atoms with Gasteiger partial charge in [-0.3, -0.25) is 0 Å². The molecule has 0 spiro atoms. The van der Waals surface area contributed by atoms with Crippen LogP contribution in [0.3, 0.4) is 0 Å². The molecule has 0 unspecified atom stereocenters. The highest BCUT2D eigenvalue weighted by Gasteiger charge is 2.07. The summed E-state index contributed by atoms with van der Waals surface area (Å²) in [7, 11) is 0.